The molecule has 1 saturated heterocycles. The van der Waals surface area contributed by atoms with E-state index in [1.165, 1.54) is 0 Å². The molecule has 2 aliphatic rings. The zero-order valence-electron chi connectivity index (χ0n) is 9.19. The first-order valence-electron chi connectivity index (χ1n) is 4.78. The normalized spacial score (nSPS) is 27.7. The molecule has 100 valence electrons. The lowest BCUT2D eigenvalue weighted by molar-refractivity contribution is -0.148. The summed E-state index contributed by atoms with van der Waals surface area (Å²) in [4.78, 5) is 23.6. The molecule has 2 rings (SSSR count). The van der Waals surface area contributed by atoms with E-state index in [4.69, 9.17) is 10.8 Å². The molecule has 0 unspecified atom stereocenters. The highest BCUT2D eigenvalue weighted by Gasteiger charge is 2.52. The minimum atomic E-state index is -3.84. The molecule has 0 aromatic heterocycles. The predicted molar refractivity (Wildman–Crippen MR) is 61.7 cm³/mol. The van der Waals surface area contributed by atoms with Gasteiger partial charge in [-0.1, -0.05) is 0 Å². The van der Waals surface area contributed by atoms with E-state index in [0.29, 0.717) is 0 Å². The van der Waals surface area contributed by atoms with Crippen LogP contribution < -0.4 is 5.73 Å². The molecule has 1 amide bonds. The van der Waals surface area contributed by atoms with Crippen molar-refractivity contribution in [1.82, 2.24) is 4.90 Å². The van der Waals surface area contributed by atoms with Gasteiger partial charge in [0.05, 0.1) is 12.0 Å². The van der Waals surface area contributed by atoms with Gasteiger partial charge in [-0.05, 0) is 0 Å². The molecule has 2 atom stereocenters. The van der Waals surface area contributed by atoms with Crippen LogP contribution in [0.3, 0.4) is 0 Å². The van der Waals surface area contributed by atoms with E-state index in [9.17, 15) is 18.0 Å². The van der Waals surface area contributed by atoms with Crippen molar-refractivity contribution in [2.45, 2.75) is 11.4 Å². The molecular formula is C8H10N2O6S2. The molecule has 18 heavy (non-hydrogen) atoms. The summed E-state index contributed by atoms with van der Waals surface area (Å²) in [5.74, 6) is -2.19. The Morgan fingerprint density at radius 2 is 2.22 bits per heavy atom. The number of rotatable bonds is 3. The van der Waals surface area contributed by atoms with Crippen LogP contribution in [0.2, 0.25) is 0 Å². The summed E-state index contributed by atoms with van der Waals surface area (Å²) in [6.07, 6.45) is 0.805. The lowest BCUT2D eigenvalue weighted by Gasteiger charge is -2.47. The van der Waals surface area contributed by atoms with Crippen molar-refractivity contribution in [3.63, 3.8) is 0 Å². The average molecular weight is 294 g/mol. The van der Waals surface area contributed by atoms with Gasteiger partial charge in [0.25, 0.3) is 0 Å². The Balaban J connectivity index is 2.41. The van der Waals surface area contributed by atoms with Crippen LogP contribution >= 0.6 is 11.8 Å². The van der Waals surface area contributed by atoms with Gasteiger partial charge in [0, 0.05) is 0 Å². The highest BCUT2D eigenvalue weighted by Crippen LogP contribution is 2.39. The quantitative estimate of drug-likeness (QED) is 0.475. The number of hydrogen-bond acceptors (Lipinski definition) is 7. The number of nitrogens with zero attached hydrogens (tertiary/aromatic N) is 1. The summed E-state index contributed by atoms with van der Waals surface area (Å²) in [5, 5.41) is 8.58. The lowest BCUT2D eigenvalue weighted by atomic mass is 10.1. The van der Waals surface area contributed by atoms with E-state index in [2.05, 4.69) is 4.18 Å². The number of carboxylic acids is 1. The second-order valence-corrected chi connectivity index (χ2v) is 6.48. The van der Waals surface area contributed by atoms with E-state index >= 15 is 0 Å². The highest BCUT2D eigenvalue weighted by molar-refractivity contribution is 8.00. The Kier molecular flexibility index (Phi) is 3.03. The fraction of sp³-hybridized carbons (Fsp3) is 0.500. The molecule has 0 aromatic rings. The van der Waals surface area contributed by atoms with Crippen LogP contribution in [-0.4, -0.2) is 53.7 Å². The minimum absolute atomic E-state index is 0.0385. The van der Waals surface area contributed by atoms with Crippen LogP contribution in [0.25, 0.3) is 0 Å². The Hall–Kier alpha value is -1.26. The second kappa shape index (κ2) is 4.14. The fourth-order valence-corrected chi connectivity index (χ4v) is 3.51. The van der Waals surface area contributed by atoms with Gasteiger partial charge in [-0.25, -0.2) is 4.79 Å². The number of hydrogen-bond donors (Lipinski definition) is 2. The molecule has 0 radical (unpaired) electrons. The molecule has 2 aliphatic heterocycles. The standard InChI is InChI=1S/C8H10N2O6S2/c1-18(14,15)16-3-2-17-7-4(9)6(11)10(7)5(3)8(12)13/h4,7H,2,9H2,1H3,(H,12,13)/t4-,7+/m1/s1. The molecule has 0 spiro atoms. The molecule has 0 aromatic carbocycles. The predicted octanol–water partition coefficient (Wildman–Crippen LogP) is -1.50. The SMILES string of the molecule is CS(=O)(=O)OC1=C(C(=O)O)N2C(=O)[C@@H](N)[C@@H]2SC1. The summed E-state index contributed by atoms with van der Waals surface area (Å²) in [5.41, 5.74) is 5.08. The number of aliphatic carboxylic acids is 1. The number of carbonyl (C=O) groups excluding carboxylic acids is 1. The largest absolute Gasteiger partial charge is 0.476 e. The number of nitrogens with two attached hydrogens (primary N) is 1. The first kappa shape index (κ1) is 13.2. The van der Waals surface area contributed by atoms with Crippen LogP contribution in [0.4, 0.5) is 0 Å². The molecule has 0 saturated carbocycles. The second-order valence-electron chi connectivity index (χ2n) is 3.80. The van der Waals surface area contributed by atoms with E-state index < -0.39 is 39.1 Å². The van der Waals surface area contributed by atoms with Gasteiger partial charge in [-0.15, -0.1) is 11.8 Å². The molecule has 0 aliphatic carbocycles. The number of fused-ring (bicyclic) bond motifs is 1. The first-order valence-corrected chi connectivity index (χ1v) is 7.65. The summed E-state index contributed by atoms with van der Waals surface area (Å²) >= 11 is 1.16. The number of thioether (sulfide) groups is 1. The van der Waals surface area contributed by atoms with Crippen LogP contribution in [0.1, 0.15) is 0 Å². The number of carbonyl (C=O) groups is 2. The first-order chi connectivity index (χ1) is 8.22. The Morgan fingerprint density at radius 1 is 1.61 bits per heavy atom. The van der Waals surface area contributed by atoms with Gasteiger partial charge < -0.3 is 15.0 Å². The van der Waals surface area contributed by atoms with Gasteiger partial charge >= 0.3 is 16.1 Å². The van der Waals surface area contributed by atoms with Crippen LogP contribution in [0, 0.1) is 0 Å². The molecule has 3 N–H and O–H groups in total. The maximum Gasteiger partial charge on any atom is 0.356 e. The number of carboxylic acid groups (broad SMARTS) is 1. The van der Waals surface area contributed by atoms with Crippen LogP contribution in [0.5, 0.6) is 0 Å². The monoisotopic (exact) mass is 294 g/mol. The molecule has 2 heterocycles. The third-order valence-corrected chi connectivity index (χ3v) is 4.21. The van der Waals surface area contributed by atoms with Crippen molar-refractivity contribution in [3.8, 4) is 0 Å². The maximum atomic E-state index is 11.5. The Labute approximate surface area is 107 Å². The zero-order chi connectivity index (χ0) is 13.7. The zero-order valence-corrected chi connectivity index (χ0v) is 10.8. The Morgan fingerprint density at radius 3 is 2.72 bits per heavy atom. The lowest BCUT2D eigenvalue weighted by Crippen LogP contribution is -2.68. The van der Waals surface area contributed by atoms with Crippen molar-refractivity contribution in [3.05, 3.63) is 11.5 Å². The van der Waals surface area contributed by atoms with Crippen molar-refractivity contribution < 1.29 is 27.3 Å². The van der Waals surface area contributed by atoms with Crippen LogP contribution in [0.15, 0.2) is 11.5 Å². The van der Waals surface area contributed by atoms with Crippen molar-refractivity contribution in [2.24, 2.45) is 5.73 Å². The third-order valence-electron chi connectivity index (χ3n) is 2.43. The molecule has 8 nitrogen and oxygen atoms in total. The van der Waals surface area contributed by atoms with Crippen molar-refractivity contribution >= 4 is 33.8 Å². The van der Waals surface area contributed by atoms with Gasteiger partial charge in [0.2, 0.25) is 5.91 Å². The van der Waals surface area contributed by atoms with Gasteiger partial charge in [-0.2, -0.15) is 8.42 Å². The summed E-state index contributed by atoms with van der Waals surface area (Å²) in [7, 11) is -3.84. The topological polar surface area (TPSA) is 127 Å². The summed E-state index contributed by atoms with van der Waals surface area (Å²) in [6.45, 7) is 0. The van der Waals surface area contributed by atoms with E-state index in [0.717, 1.165) is 22.9 Å². The van der Waals surface area contributed by atoms with Gasteiger partial charge in [0.1, 0.15) is 11.4 Å². The smallest absolute Gasteiger partial charge is 0.356 e. The van der Waals surface area contributed by atoms with Gasteiger partial charge in [-0.3, -0.25) is 9.69 Å². The number of amides is 1. The molecular weight excluding hydrogens is 284 g/mol. The highest BCUT2D eigenvalue weighted by atomic mass is 32.2. The van der Waals surface area contributed by atoms with E-state index in [1.54, 1.807) is 0 Å². The summed E-state index contributed by atoms with van der Waals surface area (Å²) < 4.78 is 26.7. The molecule has 10 heteroatoms. The van der Waals surface area contributed by atoms with Crippen molar-refractivity contribution in [1.29, 1.82) is 0 Å². The van der Waals surface area contributed by atoms with E-state index in [1.807, 2.05) is 0 Å². The third kappa shape index (κ3) is 2.06. The van der Waals surface area contributed by atoms with E-state index in [-0.39, 0.29) is 11.5 Å². The Bertz CT molecular complexity index is 554. The fourth-order valence-electron chi connectivity index (χ4n) is 1.73. The van der Waals surface area contributed by atoms with Gasteiger partial charge in [0.15, 0.2) is 11.5 Å². The maximum absolute atomic E-state index is 11.5. The number of β-lactam (4-membered cyclic amide) rings is 1. The molecule has 1 fully saturated rings. The molecule has 0 bridgehead atoms. The average Bonchev–Trinajstić information content (AvgIpc) is 2.24. The summed E-state index contributed by atoms with van der Waals surface area (Å²) in [6, 6.07) is -0.760. The van der Waals surface area contributed by atoms with Crippen LogP contribution in [-0.2, 0) is 23.9 Å². The minimum Gasteiger partial charge on any atom is -0.476 e. The van der Waals surface area contributed by atoms with Crippen molar-refractivity contribution in [2.75, 3.05) is 12.0 Å².